The molecular formula is C11H19N3O. The van der Waals surface area contributed by atoms with Crippen molar-refractivity contribution in [3.05, 3.63) is 0 Å². The second kappa shape index (κ2) is 6.01. The number of nitrogens with zero attached hydrogens (tertiary/aromatic N) is 2. The second-order valence-electron chi connectivity index (χ2n) is 4.18. The Kier molecular flexibility index (Phi) is 4.33. The van der Waals surface area contributed by atoms with Gasteiger partial charge in [0.1, 0.15) is 0 Å². The molecule has 1 heterocycles. The first-order chi connectivity index (χ1) is 7.45. The highest BCUT2D eigenvalue weighted by Crippen LogP contribution is 2.19. The van der Waals surface area contributed by atoms with Gasteiger partial charge in [0.05, 0.1) is 18.7 Å². The van der Waals surface area contributed by atoms with Crippen molar-refractivity contribution in [2.24, 2.45) is 9.98 Å². The Bertz CT molecular complexity index is 214. The predicted octanol–water partition coefficient (Wildman–Crippen LogP) is 1.44. The Morgan fingerprint density at radius 1 is 1.13 bits per heavy atom. The molecule has 0 aromatic heterocycles. The van der Waals surface area contributed by atoms with Crippen LogP contribution in [0.15, 0.2) is 9.98 Å². The molecule has 4 heteroatoms. The molecule has 0 aromatic rings. The third kappa shape index (κ3) is 3.74. The largest absolute Gasteiger partial charge is 0.353 e. The summed E-state index contributed by atoms with van der Waals surface area (Å²) in [7, 11) is 0. The van der Waals surface area contributed by atoms with E-state index in [-0.39, 0.29) is 6.23 Å². The smallest absolute Gasteiger partial charge is 0.171 e. The predicted molar refractivity (Wildman–Crippen MR) is 59.3 cm³/mol. The fourth-order valence-corrected chi connectivity index (χ4v) is 2.02. The summed E-state index contributed by atoms with van der Waals surface area (Å²) in [5.74, 6) is 0. The van der Waals surface area contributed by atoms with Gasteiger partial charge in [0.15, 0.2) is 6.23 Å². The zero-order valence-corrected chi connectivity index (χ0v) is 9.11. The first-order valence-electron chi connectivity index (χ1n) is 5.92. The summed E-state index contributed by atoms with van der Waals surface area (Å²) in [6.07, 6.45) is 6.29. The SMILES string of the molecule is C(=NC1CCCCC1)=NC1CNCCO1. The highest BCUT2D eigenvalue weighted by Gasteiger charge is 2.12. The Morgan fingerprint density at radius 3 is 2.73 bits per heavy atom. The summed E-state index contributed by atoms with van der Waals surface area (Å²) >= 11 is 0. The lowest BCUT2D eigenvalue weighted by Crippen LogP contribution is -2.37. The average Bonchev–Trinajstić information content (AvgIpc) is 2.32. The first-order valence-corrected chi connectivity index (χ1v) is 5.92. The molecule has 1 saturated carbocycles. The van der Waals surface area contributed by atoms with Gasteiger partial charge >= 0.3 is 0 Å². The Balaban J connectivity index is 1.77. The van der Waals surface area contributed by atoms with E-state index in [1.165, 1.54) is 32.1 Å². The summed E-state index contributed by atoms with van der Waals surface area (Å²) in [5.41, 5.74) is 0. The monoisotopic (exact) mass is 209 g/mol. The van der Waals surface area contributed by atoms with Crippen LogP contribution < -0.4 is 5.32 Å². The number of aliphatic imine (C=N–C) groups is 2. The topological polar surface area (TPSA) is 46.0 Å². The van der Waals surface area contributed by atoms with E-state index < -0.39 is 0 Å². The van der Waals surface area contributed by atoms with Gasteiger partial charge < -0.3 is 10.1 Å². The molecule has 0 bridgehead atoms. The van der Waals surface area contributed by atoms with E-state index in [2.05, 4.69) is 21.3 Å². The number of nitrogens with one attached hydrogen (secondary N) is 1. The lowest BCUT2D eigenvalue weighted by molar-refractivity contribution is 0.0352. The van der Waals surface area contributed by atoms with Crippen molar-refractivity contribution >= 4 is 6.01 Å². The van der Waals surface area contributed by atoms with Crippen LogP contribution in [0.4, 0.5) is 0 Å². The molecule has 1 aliphatic heterocycles. The maximum absolute atomic E-state index is 5.42. The molecule has 0 aromatic carbocycles. The van der Waals surface area contributed by atoms with E-state index in [0.717, 1.165) is 19.7 Å². The summed E-state index contributed by atoms with van der Waals surface area (Å²) in [6.45, 7) is 2.44. The van der Waals surface area contributed by atoms with Crippen LogP contribution in [0, 0.1) is 0 Å². The van der Waals surface area contributed by atoms with Gasteiger partial charge in [-0.3, -0.25) is 0 Å². The van der Waals surface area contributed by atoms with E-state index in [1.54, 1.807) is 0 Å². The van der Waals surface area contributed by atoms with E-state index in [0.29, 0.717) is 6.04 Å². The van der Waals surface area contributed by atoms with E-state index in [1.807, 2.05) is 0 Å². The summed E-state index contributed by atoms with van der Waals surface area (Å²) < 4.78 is 5.42. The maximum atomic E-state index is 5.42. The molecule has 84 valence electrons. The van der Waals surface area contributed by atoms with Crippen molar-refractivity contribution in [1.82, 2.24) is 5.32 Å². The van der Waals surface area contributed by atoms with Crippen LogP contribution in [0.25, 0.3) is 0 Å². The van der Waals surface area contributed by atoms with Crippen LogP contribution in [0.5, 0.6) is 0 Å². The van der Waals surface area contributed by atoms with Gasteiger partial charge in [0.2, 0.25) is 0 Å². The molecule has 1 saturated heterocycles. The standard InChI is InChI=1S/C11H19N3O/c1-2-4-10(5-3-1)13-9-14-11-8-12-6-7-15-11/h10-12H,1-8H2. The Labute approximate surface area is 90.8 Å². The quantitative estimate of drug-likeness (QED) is 0.699. The van der Waals surface area contributed by atoms with Crippen LogP contribution in [-0.2, 0) is 4.74 Å². The van der Waals surface area contributed by atoms with Crippen molar-refractivity contribution in [3.8, 4) is 0 Å². The van der Waals surface area contributed by atoms with Gasteiger partial charge in [-0.25, -0.2) is 4.99 Å². The molecule has 4 nitrogen and oxygen atoms in total. The molecule has 2 aliphatic rings. The zero-order chi connectivity index (χ0) is 10.3. The third-order valence-electron chi connectivity index (χ3n) is 2.92. The number of hydrogen-bond acceptors (Lipinski definition) is 4. The lowest BCUT2D eigenvalue weighted by atomic mass is 9.96. The van der Waals surface area contributed by atoms with Gasteiger partial charge in [0.25, 0.3) is 0 Å². The molecule has 2 fully saturated rings. The lowest BCUT2D eigenvalue weighted by Gasteiger charge is -2.18. The molecule has 0 spiro atoms. The number of rotatable bonds is 2. The molecule has 1 N–H and O–H groups in total. The molecule has 1 unspecified atom stereocenters. The number of ether oxygens (including phenoxy) is 1. The molecule has 0 amide bonds. The normalized spacial score (nSPS) is 28.1. The average molecular weight is 209 g/mol. The summed E-state index contributed by atoms with van der Waals surface area (Å²) in [4.78, 5) is 8.53. The second-order valence-corrected chi connectivity index (χ2v) is 4.18. The van der Waals surface area contributed by atoms with Crippen molar-refractivity contribution in [1.29, 1.82) is 0 Å². The van der Waals surface area contributed by atoms with Gasteiger partial charge in [-0.1, -0.05) is 19.3 Å². The summed E-state index contributed by atoms with van der Waals surface area (Å²) in [6, 6.07) is 3.27. The fourth-order valence-electron chi connectivity index (χ4n) is 2.02. The molecule has 1 aliphatic carbocycles. The number of morpholine rings is 1. The Hall–Kier alpha value is -0.700. The van der Waals surface area contributed by atoms with Crippen molar-refractivity contribution in [2.45, 2.75) is 44.4 Å². The van der Waals surface area contributed by atoms with E-state index >= 15 is 0 Å². The Morgan fingerprint density at radius 2 is 2.00 bits per heavy atom. The van der Waals surface area contributed by atoms with E-state index in [4.69, 9.17) is 4.74 Å². The van der Waals surface area contributed by atoms with Gasteiger partial charge in [-0.05, 0) is 12.8 Å². The fraction of sp³-hybridized carbons (Fsp3) is 0.909. The van der Waals surface area contributed by atoms with Crippen molar-refractivity contribution in [3.63, 3.8) is 0 Å². The molecule has 0 radical (unpaired) electrons. The van der Waals surface area contributed by atoms with Crippen LogP contribution in [0.1, 0.15) is 32.1 Å². The van der Waals surface area contributed by atoms with Crippen LogP contribution in [0.2, 0.25) is 0 Å². The molecule has 15 heavy (non-hydrogen) atoms. The first kappa shape index (κ1) is 10.8. The van der Waals surface area contributed by atoms with Crippen molar-refractivity contribution < 1.29 is 4.74 Å². The van der Waals surface area contributed by atoms with Gasteiger partial charge in [0, 0.05) is 13.1 Å². The van der Waals surface area contributed by atoms with Gasteiger partial charge in [-0.15, -0.1) is 0 Å². The third-order valence-corrected chi connectivity index (χ3v) is 2.92. The highest BCUT2D eigenvalue weighted by molar-refractivity contribution is 5.41. The van der Waals surface area contributed by atoms with Crippen LogP contribution in [-0.4, -0.2) is 38.0 Å². The van der Waals surface area contributed by atoms with Crippen molar-refractivity contribution in [2.75, 3.05) is 19.7 Å². The zero-order valence-electron chi connectivity index (χ0n) is 9.11. The van der Waals surface area contributed by atoms with Crippen LogP contribution in [0.3, 0.4) is 0 Å². The minimum Gasteiger partial charge on any atom is -0.353 e. The maximum Gasteiger partial charge on any atom is 0.171 e. The van der Waals surface area contributed by atoms with Gasteiger partial charge in [-0.2, -0.15) is 4.99 Å². The minimum atomic E-state index is -0.0777. The van der Waals surface area contributed by atoms with E-state index in [9.17, 15) is 0 Å². The number of hydrogen-bond donors (Lipinski definition) is 1. The minimum absolute atomic E-state index is 0.0777. The summed E-state index contributed by atoms with van der Waals surface area (Å²) in [5, 5.41) is 3.22. The highest BCUT2D eigenvalue weighted by atomic mass is 16.5. The molecule has 1 atom stereocenters. The van der Waals surface area contributed by atoms with Crippen LogP contribution >= 0.6 is 0 Å². The molecular weight excluding hydrogens is 190 g/mol. The molecule has 2 rings (SSSR count).